The number of β-amino-alcohol motifs (C(OH)–C–C–N with tert-alkyl or cyclic N) is 1. The van der Waals surface area contributed by atoms with Crippen LogP contribution in [0.5, 0.6) is 5.75 Å². The Hall–Kier alpha value is -2.30. The number of ether oxygens (including phenoxy) is 1. The Labute approximate surface area is 160 Å². The second-order valence-corrected chi connectivity index (χ2v) is 7.65. The van der Waals surface area contributed by atoms with Crippen LogP contribution in [0, 0.1) is 6.92 Å². The van der Waals surface area contributed by atoms with Gasteiger partial charge in [-0.05, 0) is 62.5 Å². The second-order valence-electron chi connectivity index (χ2n) is 7.65. The van der Waals surface area contributed by atoms with Gasteiger partial charge in [-0.25, -0.2) is 0 Å². The van der Waals surface area contributed by atoms with E-state index >= 15 is 0 Å². The Morgan fingerprint density at radius 1 is 1.11 bits per heavy atom. The van der Waals surface area contributed by atoms with Gasteiger partial charge < -0.3 is 19.7 Å². The number of benzene rings is 2. The second kappa shape index (κ2) is 8.15. The summed E-state index contributed by atoms with van der Waals surface area (Å²) in [6, 6.07) is 16.9. The first-order valence-corrected chi connectivity index (χ1v) is 9.85. The van der Waals surface area contributed by atoms with Crippen LogP contribution in [0.25, 0.3) is 10.9 Å². The number of fused-ring (bicyclic) bond motifs is 1. The molecule has 1 atom stereocenters. The maximum atomic E-state index is 10.4. The summed E-state index contributed by atoms with van der Waals surface area (Å²) >= 11 is 0. The predicted octanol–water partition coefficient (Wildman–Crippen LogP) is 4.10. The van der Waals surface area contributed by atoms with E-state index in [-0.39, 0.29) is 0 Å². The van der Waals surface area contributed by atoms with Crippen molar-refractivity contribution in [2.24, 2.45) is 0 Å². The number of nitrogens with one attached hydrogen (secondary N) is 1. The van der Waals surface area contributed by atoms with Crippen LogP contribution in [-0.2, 0) is 0 Å². The van der Waals surface area contributed by atoms with Crippen molar-refractivity contribution in [1.29, 1.82) is 0 Å². The molecule has 4 nitrogen and oxygen atoms in total. The number of aliphatic hydroxyl groups excluding tert-OH is 1. The third-order valence-electron chi connectivity index (χ3n) is 5.59. The molecule has 0 aliphatic carbocycles. The van der Waals surface area contributed by atoms with E-state index in [1.807, 2.05) is 30.5 Å². The van der Waals surface area contributed by atoms with Crippen molar-refractivity contribution in [3.05, 3.63) is 65.9 Å². The predicted molar refractivity (Wildman–Crippen MR) is 109 cm³/mol. The molecule has 0 radical (unpaired) electrons. The third-order valence-corrected chi connectivity index (χ3v) is 5.59. The van der Waals surface area contributed by atoms with Gasteiger partial charge in [0.1, 0.15) is 18.5 Å². The molecule has 4 heteroatoms. The Morgan fingerprint density at radius 3 is 2.67 bits per heavy atom. The van der Waals surface area contributed by atoms with E-state index in [0.717, 1.165) is 42.6 Å². The highest BCUT2D eigenvalue weighted by molar-refractivity contribution is 5.85. The molecule has 2 N–H and O–H groups in total. The van der Waals surface area contributed by atoms with Gasteiger partial charge in [-0.1, -0.05) is 35.9 Å². The van der Waals surface area contributed by atoms with E-state index in [1.165, 1.54) is 11.1 Å². The van der Waals surface area contributed by atoms with Crippen LogP contribution in [0.15, 0.2) is 54.7 Å². The van der Waals surface area contributed by atoms with Crippen molar-refractivity contribution in [3.63, 3.8) is 0 Å². The number of hydrogen-bond acceptors (Lipinski definition) is 3. The summed E-state index contributed by atoms with van der Waals surface area (Å²) in [5, 5.41) is 11.5. The zero-order chi connectivity index (χ0) is 18.6. The van der Waals surface area contributed by atoms with Crippen LogP contribution in [-0.4, -0.2) is 47.3 Å². The van der Waals surface area contributed by atoms with E-state index in [2.05, 4.69) is 41.1 Å². The lowest BCUT2D eigenvalue weighted by molar-refractivity contribution is 0.0599. The number of aromatic nitrogens is 1. The van der Waals surface area contributed by atoms with Gasteiger partial charge >= 0.3 is 0 Å². The van der Waals surface area contributed by atoms with Gasteiger partial charge in [-0.15, -0.1) is 0 Å². The average Bonchev–Trinajstić information content (AvgIpc) is 3.17. The number of H-pyrrole nitrogens is 1. The topological polar surface area (TPSA) is 48.5 Å². The molecular formula is C23H28N2O2. The van der Waals surface area contributed by atoms with Gasteiger partial charge in [0.05, 0.1) is 0 Å². The molecule has 1 fully saturated rings. The quantitative estimate of drug-likeness (QED) is 0.692. The number of aromatic amines is 1. The van der Waals surface area contributed by atoms with Gasteiger partial charge in [-0.2, -0.15) is 0 Å². The fraction of sp³-hybridized carbons (Fsp3) is 0.391. The Bertz CT molecular complexity index is 863. The molecule has 0 bridgehead atoms. The normalized spacial score (nSPS) is 17.3. The number of nitrogens with zero attached hydrogens (tertiary/aromatic N) is 1. The van der Waals surface area contributed by atoms with Crippen LogP contribution in [0.1, 0.15) is 29.9 Å². The van der Waals surface area contributed by atoms with E-state index in [4.69, 9.17) is 4.74 Å². The summed E-state index contributed by atoms with van der Waals surface area (Å²) in [5.41, 5.74) is 3.82. The molecule has 0 saturated carbocycles. The third kappa shape index (κ3) is 4.34. The van der Waals surface area contributed by atoms with Crippen LogP contribution in [0.2, 0.25) is 0 Å². The zero-order valence-corrected chi connectivity index (χ0v) is 15.9. The smallest absolute Gasteiger partial charge is 0.128 e. The van der Waals surface area contributed by atoms with Gasteiger partial charge in [0.25, 0.3) is 0 Å². The fourth-order valence-electron chi connectivity index (χ4n) is 4.01. The zero-order valence-electron chi connectivity index (χ0n) is 15.9. The van der Waals surface area contributed by atoms with Crippen LogP contribution >= 0.6 is 0 Å². The van der Waals surface area contributed by atoms with Crippen LogP contribution in [0.3, 0.4) is 0 Å². The molecule has 27 heavy (non-hydrogen) atoms. The van der Waals surface area contributed by atoms with E-state index in [0.29, 0.717) is 19.1 Å². The fourth-order valence-corrected chi connectivity index (χ4v) is 4.01. The van der Waals surface area contributed by atoms with Gasteiger partial charge in [0.15, 0.2) is 0 Å². The minimum absolute atomic E-state index is 0.322. The molecule has 1 aliphatic heterocycles. The highest BCUT2D eigenvalue weighted by Gasteiger charge is 2.22. The first-order valence-electron chi connectivity index (χ1n) is 9.85. The summed E-state index contributed by atoms with van der Waals surface area (Å²) in [6.45, 7) is 5.18. The molecule has 2 aromatic carbocycles. The number of aryl methyl sites for hydroxylation is 1. The molecule has 1 saturated heterocycles. The van der Waals surface area contributed by atoms with Gasteiger partial charge in [0, 0.05) is 23.6 Å². The monoisotopic (exact) mass is 364 g/mol. The maximum Gasteiger partial charge on any atom is 0.128 e. The number of likely N-dealkylation sites (tertiary alicyclic amines) is 1. The largest absolute Gasteiger partial charge is 0.490 e. The molecule has 3 aromatic rings. The standard InChI is InChI=1S/C23H28N2O2/c1-17-5-7-18(8-6-17)19-10-13-25(14-11-19)15-20(26)16-27-23-4-2-3-22-21(23)9-12-24-22/h2-9,12,19-20,24,26H,10-11,13-16H2,1H3/t20-/m0/s1. The average molecular weight is 364 g/mol. The lowest BCUT2D eigenvalue weighted by Gasteiger charge is -2.33. The molecule has 2 heterocycles. The van der Waals surface area contributed by atoms with Crippen molar-refractivity contribution in [1.82, 2.24) is 9.88 Å². The maximum absolute atomic E-state index is 10.4. The SMILES string of the molecule is Cc1ccc(C2CCN(C[C@H](O)COc3cccc4[nH]ccc34)CC2)cc1. The van der Waals surface area contributed by atoms with E-state index < -0.39 is 6.10 Å². The first kappa shape index (κ1) is 18.1. The summed E-state index contributed by atoms with van der Waals surface area (Å²) < 4.78 is 5.89. The van der Waals surface area contributed by atoms with Crippen molar-refractivity contribution < 1.29 is 9.84 Å². The molecule has 1 aromatic heterocycles. The summed E-state index contributed by atoms with van der Waals surface area (Å²) in [5.74, 6) is 1.47. The number of rotatable bonds is 6. The van der Waals surface area contributed by atoms with Crippen LogP contribution < -0.4 is 4.74 Å². The summed E-state index contributed by atoms with van der Waals surface area (Å²) in [6.07, 6.45) is 3.74. The molecule has 0 spiro atoms. The molecular weight excluding hydrogens is 336 g/mol. The molecule has 142 valence electrons. The molecule has 1 aliphatic rings. The molecule has 4 rings (SSSR count). The van der Waals surface area contributed by atoms with Crippen molar-refractivity contribution in [2.75, 3.05) is 26.2 Å². The van der Waals surface area contributed by atoms with E-state index in [9.17, 15) is 5.11 Å². The highest BCUT2D eigenvalue weighted by Crippen LogP contribution is 2.28. The van der Waals surface area contributed by atoms with Crippen molar-refractivity contribution >= 4 is 10.9 Å². The Morgan fingerprint density at radius 2 is 1.89 bits per heavy atom. The number of aliphatic hydroxyl groups is 1. The number of hydrogen-bond donors (Lipinski definition) is 2. The summed E-state index contributed by atoms with van der Waals surface area (Å²) in [7, 11) is 0. The van der Waals surface area contributed by atoms with Crippen molar-refractivity contribution in [3.8, 4) is 5.75 Å². The highest BCUT2D eigenvalue weighted by atomic mass is 16.5. The summed E-state index contributed by atoms with van der Waals surface area (Å²) in [4.78, 5) is 5.54. The van der Waals surface area contributed by atoms with E-state index in [1.54, 1.807) is 0 Å². The molecule has 0 amide bonds. The number of piperidine rings is 1. The lowest BCUT2D eigenvalue weighted by atomic mass is 9.89. The van der Waals surface area contributed by atoms with Gasteiger partial charge in [-0.3, -0.25) is 0 Å². The lowest BCUT2D eigenvalue weighted by Crippen LogP contribution is -2.40. The Kier molecular flexibility index (Phi) is 5.46. The Balaban J connectivity index is 1.25. The molecule has 0 unspecified atom stereocenters. The van der Waals surface area contributed by atoms with Gasteiger partial charge in [0.2, 0.25) is 0 Å². The first-order chi connectivity index (χ1) is 13.2. The van der Waals surface area contributed by atoms with Crippen LogP contribution in [0.4, 0.5) is 0 Å². The minimum atomic E-state index is -0.477. The minimum Gasteiger partial charge on any atom is -0.490 e. The van der Waals surface area contributed by atoms with Crippen molar-refractivity contribution in [2.45, 2.75) is 31.8 Å².